The van der Waals surface area contributed by atoms with Crippen LogP contribution in [0.4, 0.5) is 9.59 Å². The van der Waals surface area contributed by atoms with E-state index in [0.717, 1.165) is 45.6 Å². The van der Waals surface area contributed by atoms with Crippen molar-refractivity contribution in [3.05, 3.63) is 0 Å². The predicted octanol–water partition coefficient (Wildman–Crippen LogP) is 3.10. The van der Waals surface area contributed by atoms with Crippen molar-refractivity contribution >= 4 is 12.2 Å². The molecular formula is C19H35N3O4. The molecule has 0 aromatic heterocycles. The van der Waals surface area contributed by atoms with Crippen LogP contribution in [0.5, 0.6) is 0 Å². The molecule has 0 atom stereocenters. The fraction of sp³-hybridized carbons (Fsp3) is 0.895. The standard InChI is InChI=1S/C19H35N3O4/c1-19(2,3)26-18(25)22-10-7-16(8-11-22)6-4-5-9-20-12-14-21(15-13-20)17(23)24/h16H,4-15H2,1-3H3,(H,23,24). The number of piperazine rings is 1. The second-order valence-electron chi connectivity index (χ2n) is 8.52. The fourth-order valence-corrected chi connectivity index (χ4v) is 3.66. The first-order chi connectivity index (χ1) is 12.2. The van der Waals surface area contributed by atoms with Crippen molar-refractivity contribution in [3.63, 3.8) is 0 Å². The first kappa shape index (κ1) is 20.8. The van der Waals surface area contributed by atoms with Crippen molar-refractivity contribution in [2.24, 2.45) is 5.92 Å². The minimum absolute atomic E-state index is 0.184. The molecule has 2 aliphatic heterocycles. The van der Waals surface area contributed by atoms with Gasteiger partial charge in [-0.05, 0) is 52.5 Å². The van der Waals surface area contributed by atoms with E-state index in [1.807, 2.05) is 25.7 Å². The van der Waals surface area contributed by atoms with E-state index in [0.29, 0.717) is 19.0 Å². The Balaban J connectivity index is 1.54. The molecule has 7 heteroatoms. The van der Waals surface area contributed by atoms with E-state index in [9.17, 15) is 9.59 Å². The summed E-state index contributed by atoms with van der Waals surface area (Å²) in [7, 11) is 0. The van der Waals surface area contributed by atoms with Crippen LogP contribution in [-0.4, -0.2) is 83.4 Å². The van der Waals surface area contributed by atoms with Crippen LogP contribution < -0.4 is 0 Å². The second-order valence-corrected chi connectivity index (χ2v) is 8.52. The summed E-state index contributed by atoms with van der Waals surface area (Å²) in [5, 5.41) is 8.97. The maximum absolute atomic E-state index is 12.1. The topological polar surface area (TPSA) is 73.3 Å². The van der Waals surface area contributed by atoms with Gasteiger partial charge in [0.1, 0.15) is 5.60 Å². The Kier molecular flexibility index (Phi) is 7.55. The molecule has 150 valence electrons. The number of rotatable bonds is 5. The molecule has 2 aliphatic rings. The summed E-state index contributed by atoms with van der Waals surface area (Å²) in [6, 6.07) is 0. The maximum Gasteiger partial charge on any atom is 0.410 e. The van der Waals surface area contributed by atoms with Crippen molar-refractivity contribution in [1.29, 1.82) is 0 Å². The highest BCUT2D eigenvalue weighted by molar-refractivity contribution is 5.68. The van der Waals surface area contributed by atoms with E-state index >= 15 is 0 Å². The molecule has 26 heavy (non-hydrogen) atoms. The molecule has 0 radical (unpaired) electrons. The van der Waals surface area contributed by atoms with Crippen molar-refractivity contribution in [2.75, 3.05) is 45.8 Å². The molecule has 0 unspecified atom stereocenters. The van der Waals surface area contributed by atoms with Gasteiger partial charge in [0, 0.05) is 39.3 Å². The molecule has 1 N–H and O–H groups in total. The van der Waals surface area contributed by atoms with Gasteiger partial charge in [-0.25, -0.2) is 9.59 Å². The van der Waals surface area contributed by atoms with E-state index in [2.05, 4.69) is 4.90 Å². The highest BCUT2D eigenvalue weighted by atomic mass is 16.6. The molecule has 0 saturated carbocycles. The molecule has 2 rings (SSSR count). The SMILES string of the molecule is CC(C)(C)OC(=O)N1CCC(CCCCN2CCN(C(=O)O)CC2)CC1. The van der Waals surface area contributed by atoms with Crippen LogP contribution in [0.2, 0.25) is 0 Å². The number of ether oxygens (including phenoxy) is 1. The number of likely N-dealkylation sites (tertiary alicyclic amines) is 1. The van der Waals surface area contributed by atoms with Crippen molar-refractivity contribution in [1.82, 2.24) is 14.7 Å². The highest BCUT2D eigenvalue weighted by Gasteiger charge is 2.26. The van der Waals surface area contributed by atoms with Gasteiger partial charge in [0.05, 0.1) is 0 Å². The summed E-state index contributed by atoms with van der Waals surface area (Å²) in [6.07, 6.45) is 4.73. The first-order valence-electron chi connectivity index (χ1n) is 9.93. The lowest BCUT2D eigenvalue weighted by Crippen LogP contribution is -2.48. The third kappa shape index (κ3) is 7.02. The average Bonchev–Trinajstić information content (AvgIpc) is 2.58. The zero-order valence-corrected chi connectivity index (χ0v) is 16.6. The van der Waals surface area contributed by atoms with E-state index in [1.165, 1.54) is 24.2 Å². The molecule has 2 heterocycles. The summed E-state index contributed by atoms with van der Waals surface area (Å²) in [5.74, 6) is 0.706. The molecule has 0 aromatic carbocycles. The van der Waals surface area contributed by atoms with Crippen molar-refractivity contribution in [3.8, 4) is 0 Å². The van der Waals surface area contributed by atoms with Gasteiger partial charge in [-0.15, -0.1) is 0 Å². The summed E-state index contributed by atoms with van der Waals surface area (Å²) >= 11 is 0. The molecule has 0 aliphatic carbocycles. The summed E-state index contributed by atoms with van der Waals surface area (Å²) < 4.78 is 5.44. The zero-order chi connectivity index (χ0) is 19.2. The number of unbranched alkanes of at least 4 members (excludes halogenated alkanes) is 1. The van der Waals surface area contributed by atoms with Crippen LogP contribution in [0.3, 0.4) is 0 Å². The van der Waals surface area contributed by atoms with Crippen molar-refractivity contribution in [2.45, 2.75) is 58.5 Å². The molecule has 2 saturated heterocycles. The van der Waals surface area contributed by atoms with Gasteiger partial charge >= 0.3 is 12.2 Å². The Labute approximate surface area is 157 Å². The zero-order valence-electron chi connectivity index (χ0n) is 16.6. The van der Waals surface area contributed by atoms with Crippen molar-refractivity contribution < 1.29 is 19.4 Å². The summed E-state index contributed by atoms with van der Waals surface area (Å²) in [6.45, 7) is 11.3. The van der Waals surface area contributed by atoms with Gasteiger partial charge in [-0.2, -0.15) is 0 Å². The van der Waals surface area contributed by atoms with E-state index in [-0.39, 0.29) is 6.09 Å². The number of hydrogen-bond acceptors (Lipinski definition) is 4. The van der Waals surface area contributed by atoms with E-state index < -0.39 is 11.7 Å². The van der Waals surface area contributed by atoms with Crippen LogP contribution in [-0.2, 0) is 4.74 Å². The molecule has 7 nitrogen and oxygen atoms in total. The smallest absolute Gasteiger partial charge is 0.410 e. The van der Waals surface area contributed by atoms with Gasteiger partial charge < -0.3 is 19.6 Å². The number of carboxylic acid groups (broad SMARTS) is 1. The Morgan fingerprint density at radius 2 is 1.58 bits per heavy atom. The van der Waals surface area contributed by atoms with Gasteiger partial charge in [-0.3, -0.25) is 4.90 Å². The number of nitrogens with zero attached hydrogens (tertiary/aromatic N) is 3. The van der Waals surface area contributed by atoms with Gasteiger partial charge in [0.2, 0.25) is 0 Å². The molecular weight excluding hydrogens is 334 g/mol. The molecule has 0 spiro atoms. The van der Waals surface area contributed by atoms with Crippen LogP contribution in [0.1, 0.15) is 52.9 Å². The number of carbonyl (C=O) groups excluding carboxylic acids is 1. The fourth-order valence-electron chi connectivity index (χ4n) is 3.66. The Morgan fingerprint density at radius 1 is 0.962 bits per heavy atom. The lowest BCUT2D eigenvalue weighted by atomic mass is 9.91. The minimum Gasteiger partial charge on any atom is -0.465 e. The number of piperidine rings is 1. The molecule has 0 aromatic rings. The maximum atomic E-state index is 12.1. The van der Waals surface area contributed by atoms with Gasteiger partial charge in [0.15, 0.2) is 0 Å². The van der Waals surface area contributed by atoms with E-state index in [1.54, 1.807) is 0 Å². The van der Waals surface area contributed by atoms with Crippen LogP contribution in [0.15, 0.2) is 0 Å². The summed E-state index contributed by atoms with van der Waals surface area (Å²) in [5.41, 5.74) is -0.427. The Morgan fingerprint density at radius 3 is 2.12 bits per heavy atom. The van der Waals surface area contributed by atoms with Crippen LogP contribution >= 0.6 is 0 Å². The van der Waals surface area contributed by atoms with Gasteiger partial charge in [-0.1, -0.05) is 12.8 Å². The van der Waals surface area contributed by atoms with E-state index in [4.69, 9.17) is 9.84 Å². The normalized spacial score (nSPS) is 20.3. The molecule has 0 bridgehead atoms. The Hall–Kier alpha value is -1.50. The molecule has 2 amide bonds. The Bertz CT molecular complexity index is 462. The number of amides is 2. The van der Waals surface area contributed by atoms with Crippen LogP contribution in [0, 0.1) is 5.92 Å². The average molecular weight is 370 g/mol. The first-order valence-corrected chi connectivity index (χ1v) is 9.93. The lowest BCUT2D eigenvalue weighted by Gasteiger charge is -2.34. The molecule has 2 fully saturated rings. The largest absolute Gasteiger partial charge is 0.465 e. The number of carbonyl (C=O) groups is 2. The monoisotopic (exact) mass is 369 g/mol. The number of hydrogen-bond donors (Lipinski definition) is 1. The highest BCUT2D eigenvalue weighted by Crippen LogP contribution is 2.24. The third-order valence-corrected chi connectivity index (χ3v) is 5.25. The lowest BCUT2D eigenvalue weighted by molar-refractivity contribution is 0.0180. The predicted molar refractivity (Wildman–Crippen MR) is 100 cm³/mol. The quantitative estimate of drug-likeness (QED) is 0.754. The third-order valence-electron chi connectivity index (χ3n) is 5.25. The summed E-state index contributed by atoms with van der Waals surface area (Å²) in [4.78, 5) is 28.7. The second kappa shape index (κ2) is 9.44. The van der Waals surface area contributed by atoms with Gasteiger partial charge in [0.25, 0.3) is 0 Å². The van der Waals surface area contributed by atoms with Crippen LogP contribution in [0.25, 0.3) is 0 Å². The minimum atomic E-state index is -0.803.